The lowest BCUT2D eigenvalue weighted by atomic mass is 9.90. The van der Waals surface area contributed by atoms with E-state index in [1.165, 1.54) is 33.4 Å². The zero-order valence-electron chi connectivity index (χ0n) is 11.7. The van der Waals surface area contributed by atoms with E-state index in [0.717, 1.165) is 12.1 Å². The first-order valence-corrected chi connectivity index (χ1v) is 6.39. The molecule has 0 radical (unpaired) electrons. The quantitative estimate of drug-likeness (QED) is 0.785. The van der Waals surface area contributed by atoms with Gasteiger partial charge in [0.15, 0.2) is 0 Å². The second-order valence-corrected chi connectivity index (χ2v) is 5.16. The summed E-state index contributed by atoms with van der Waals surface area (Å²) in [4.78, 5) is 0. The molecule has 0 amide bonds. The molecule has 0 aromatic heterocycles. The molecule has 0 aliphatic rings. The largest absolute Gasteiger partial charge is 0.399 e. The predicted octanol–water partition coefficient (Wildman–Crippen LogP) is 4.09. The SMILES string of the molecule is Cc1cc(C)c(C)c(Cc2ccc(N)cc2)c1C. The molecule has 0 saturated heterocycles. The minimum atomic E-state index is 0.826. The second-order valence-electron chi connectivity index (χ2n) is 5.16. The van der Waals surface area contributed by atoms with Gasteiger partial charge in [-0.25, -0.2) is 0 Å². The van der Waals surface area contributed by atoms with Crippen molar-refractivity contribution in [2.45, 2.75) is 34.1 Å². The van der Waals surface area contributed by atoms with Crippen LogP contribution in [0.25, 0.3) is 0 Å². The first-order chi connectivity index (χ1) is 8.49. The molecule has 1 nitrogen and oxygen atoms in total. The highest BCUT2D eigenvalue weighted by atomic mass is 14.5. The minimum Gasteiger partial charge on any atom is -0.399 e. The number of anilines is 1. The van der Waals surface area contributed by atoms with E-state index in [2.05, 4.69) is 45.9 Å². The van der Waals surface area contributed by atoms with Crippen LogP contribution in [-0.2, 0) is 6.42 Å². The molecule has 94 valence electrons. The van der Waals surface area contributed by atoms with Crippen LogP contribution in [0.3, 0.4) is 0 Å². The second kappa shape index (κ2) is 4.85. The zero-order valence-corrected chi connectivity index (χ0v) is 11.7. The third kappa shape index (κ3) is 2.40. The Morgan fingerprint density at radius 3 is 1.83 bits per heavy atom. The highest BCUT2D eigenvalue weighted by Crippen LogP contribution is 2.24. The lowest BCUT2D eigenvalue weighted by Crippen LogP contribution is -2.00. The molecule has 2 rings (SSSR count). The average Bonchev–Trinajstić information content (AvgIpc) is 2.34. The molecule has 0 fully saturated rings. The third-order valence-electron chi connectivity index (χ3n) is 3.88. The number of nitrogen functional groups attached to an aromatic ring is 1. The van der Waals surface area contributed by atoms with Crippen LogP contribution in [-0.4, -0.2) is 0 Å². The van der Waals surface area contributed by atoms with Gasteiger partial charge in [-0.1, -0.05) is 18.2 Å². The standard InChI is InChI=1S/C17H21N/c1-11-9-12(2)14(4)17(13(11)3)10-15-5-7-16(18)8-6-15/h5-9H,10,18H2,1-4H3. The van der Waals surface area contributed by atoms with E-state index in [4.69, 9.17) is 5.73 Å². The van der Waals surface area contributed by atoms with Crippen molar-refractivity contribution in [1.82, 2.24) is 0 Å². The van der Waals surface area contributed by atoms with E-state index < -0.39 is 0 Å². The van der Waals surface area contributed by atoms with Crippen molar-refractivity contribution in [2.24, 2.45) is 0 Å². The van der Waals surface area contributed by atoms with Crippen molar-refractivity contribution in [3.05, 3.63) is 63.7 Å². The van der Waals surface area contributed by atoms with Gasteiger partial charge < -0.3 is 5.73 Å². The van der Waals surface area contributed by atoms with Crippen molar-refractivity contribution in [2.75, 3.05) is 5.73 Å². The molecule has 18 heavy (non-hydrogen) atoms. The van der Waals surface area contributed by atoms with Crippen LogP contribution in [0.1, 0.15) is 33.4 Å². The minimum absolute atomic E-state index is 0.826. The molecule has 1 heteroatoms. The molecule has 0 spiro atoms. The topological polar surface area (TPSA) is 26.0 Å². The van der Waals surface area contributed by atoms with Gasteiger partial charge in [0.05, 0.1) is 0 Å². The van der Waals surface area contributed by atoms with Gasteiger partial charge in [0.25, 0.3) is 0 Å². The van der Waals surface area contributed by atoms with Crippen LogP contribution >= 0.6 is 0 Å². The summed E-state index contributed by atoms with van der Waals surface area (Å²) in [5.41, 5.74) is 14.9. The molecular formula is C17H21N. The summed E-state index contributed by atoms with van der Waals surface area (Å²) in [6.45, 7) is 8.81. The fourth-order valence-corrected chi connectivity index (χ4v) is 2.40. The number of benzene rings is 2. The van der Waals surface area contributed by atoms with Crippen LogP contribution in [0.15, 0.2) is 30.3 Å². The summed E-state index contributed by atoms with van der Waals surface area (Å²) < 4.78 is 0. The van der Waals surface area contributed by atoms with E-state index in [1.54, 1.807) is 0 Å². The van der Waals surface area contributed by atoms with Gasteiger partial charge in [-0.2, -0.15) is 0 Å². The molecule has 0 heterocycles. The summed E-state index contributed by atoms with van der Waals surface area (Å²) in [6, 6.07) is 10.5. The van der Waals surface area contributed by atoms with E-state index in [-0.39, 0.29) is 0 Å². The average molecular weight is 239 g/mol. The Labute approximate surface area is 110 Å². The van der Waals surface area contributed by atoms with Crippen LogP contribution in [0.2, 0.25) is 0 Å². The van der Waals surface area contributed by atoms with Gasteiger partial charge in [-0.15, -0.1) is 0 Å². The van der Waals surface area contributed by atoms with E-state index in [0.29, 0.717) is 0 Å². The maximum absolute atomic E-state index is 5.73. The van der Waals surface area contributed by atoms with Crippen LogP contribution in [0.4, 0.5) is 5.69 Å². The lowest BCUT2D eigenvalue weighted by molar-refractivity contribution is 1.08. The fourth-order valence-electron chi connectivity index (χ4n) is 2.40. The Bertz CT molecular complexity index is 539. The van der Waals surface area contributed by atoms with Gasteiger partial charge in [0.1, 0.15) is 0 Å². The number of aryl methyl sites for hydroxylation is 2. The van der Waals surface area contributed by atoms with Gasteiger partial charge in [0.2, 0.25) is 0 Å². The Kier molecular flexibility index (Phi) is 3.42. The molecule has 0 aliphatic heterocycles. The Hall–Kier alpha value is -1.76. The summed E-state index contributed by atoms with van der Waals surface area (Å²) in [5, 5.41) is 0. The fraction of sp³-hybridized carbons (Fsp3) is 0.294. The van der Waals surface area contributed by atoms with Gasteiger partial charge in [-0.05, 0) is 79.6 Å². The summed E-state index contributed by atoms with van der Waals surface area (Å²) in [7, 11) is 0. The third-order valence-corrected chi connectivity index (χ3v) is 3.88. The highest BCUT2D eigenvalue weighted by molar-refractivity contribution is 5.47. The van der Waals surface area contributed by atoms with Crippen LogP contribution in [0, 0.1) is 27.7 Å². The monoisotopic (exact) mass is 239 g/mol. The molecule has 2 aromatic carbocycles. The number of hydrogen-bond acceptors (Lipinski definition) is 1. The molecule has 0 atom stereocenters. The number of nitrogens with two attached hydrogens (primary N) is 1. The number of rotatable bonds is 2. The van der Waals surface area contributed by atoms with Gasteiger partial charge in [0, 0.05) is 5.69 Å². The van der Waals surface area contributed by atoms with Gasteiger partial charge in [-0.3, -0.25) is 0 Å². The summed E-state index contributed by atoms with van der Waals surface area (Å²) in [6.07, 6.45) is 0.987. The first kappa shape index (κ1) is 12.7. The molecule has 0 bridgehead atoms. The number of hydrogen-bond donors (Lipinski definition) is 1. The van der Waals surface area contributed by atoms with Crippen LogP contribution < -0.4 is 5.73 Å². The molecular weight excluding hydrogens is 218 g/mol. The molecule has 2 N–H and O–H groups in total. The Morgan fingerprint density at radius 2 is 1.33 bits per heavy atom. The van der Waals surface area contributed by atoms with Crippen molar-refractivity contribution < 1.29 is 0 Å². The predicted molar refractivity (Wildman–Crippen MR) is 79.1 cm³/mol. The molecule has 0 unspecified atom stereocenters. The normalized spacial score (nSPS) is 10.7. The smallest absolute Gasteiger partial charge is 0.0314 e. The first-order valence-electron chi connectivity index (χ1n) is 6.39. The summed E-state index contributed by atoms with van der Waals surface area (Å²) >= 11 is 0. The Balaban J connectivity index is 2.42. The van der Waals surface area contributed by atoms with E-state index in [9.17, 15) is 0 Å². The molecule has 0 saturated carbocycles. The van der Waals surface area contributed by atoms with Gasteiger partial charge >= 0.3 is 0 Å². The van der Waals surface area contributed by atoms with E-state index in [1.807, 2.05) is 12.1 Å². The van der Waals surface area contributed by atoms with Crippen molar-refractivity contribution in [1.29, 1.82) is 0 Å². The lowest BCUT2D eigenvalue weighted by Gasteiger charge is -2.15. The van der Waals surface area contributed by atoms with Crippen molar-refractivity contribution >= 4 is 5.69 Å². The van der Waals surface area contributed by atoms with E-state index >= 15 is 0 Å². The maximum Gasteiger partial charge on any atom is 0.0314 e. The Morgan fingerprint density at radius 1 is 0.833 bits per heavy atom. The molecule has 0 aliphatic carbocycles. The van der Waals surface area contributed by atoms with Crippen molar-refractivity contribution in [3.63, 3.8) is 0 Å². The maximum atomic E-state index is 5.73. The van der Waals surface area contributed by atoms with Crippen molar-refractivity contribution in [3.8, 4) is 0 Å². The van der Waals surface area contributed by atoms with Crippen LogP contribution in [0.5, 0.6) is 0 Å². The highest BCUT2D eigenvalue weighted by Gasteiger charge is 2.08. The zero-order chi connectivity index (χ0) is 13.3. The summed E-state index contributed by atoms with van der Waals surface area (Å²) in [5.74, 6) is 0. The molecule has 2 aromatic rings.